The standard InChI is InChI=1S/C39H65N5S/c1-6-11-12-13-14-15-16-17-18-19-20-21-22-23-24-34-33-43(37-29-25-35(26-30-37)41(7-2)8-3)40-44(39(34)45)38-31-27-36(28-32-38)42(9-4)10-5/h25-32,34,40H,6-24,33H2,1-5H3/t34-/m0/s1. The second kappa shape index (κ2) is 21.5. The molecule has 0 aromatic heterocycles. The van der Waals surface area contributed by atoms with E-state index in [9.17, 15) is 0 Å². The Morgan fingerprint density at radius 1 is 0.578 bits per heavy atom. The Balaban J connectivity index is 1.54. The lowest BCUT2D eigenvalue weighted by molar-refractivity contribution is 0.473. The zero-order chi connectivity index (χ0) is 32.3. The third-order valence-electron chi connectivity index (χ3n) is 9.63. The van der Waals surface area contributed by atoms with Crippen LogP contribution in [-0.2, 0) is 0 Å². The van der Waals surface area contributed by atoms with E-state index >= 15 is 0 Å². The molecule has 0 radical (unpaired) electrons. The predicted octanol–water partition coefficient (Wildman–Crippen LogP) is 10.9. The number of hydrogen-bond acceptors (Lipinski definition) is 5. The third kappa shape index (κ3) is 12.1. The molecule has 2 aromatic carbocycles. The van der Waals surface area contributed by atoms with Gasteiger partial charge in [-0.25, -0.2) is 0 Å². The Bertz CT molecular complexity index is 1050. The van der Waals surface area contributed by atoms with Crippen molar-refractivity contribution in [2.45, 2.75) is 131 Å². The molecule has 0 aliphatic carbocycles. The van der Waals surface area contributed by atoms with Crippen molar-refractivity contribution < 1.29 is 0 Å². The molecule has 1 heterocycles. The number of benzene rings is 2. The van der Waals surface area contributed by atoms with Crippen LogP contribution < -0.4 is 25.4 Å². The molecular formula is C39H65N5S. The highest BCUT2D eigenvalue weighted by Crippen LogP contribution is 2.30. The van der Waals surface area contributed by atoms with Gasteiger partial charge in [-0.15, -0.1) is 5.53 Å². The summed E-state index contributed by atoms with van der Waals surface area (Å²) in [6, 6.07) is 17.9. The quantitative estimate of drug-likeness (QED) is 0.0964. The van der Waals surface area contributed by atoms with Gasteiger partial charge < -0.3 is 9.80 Å². The van der Waals surface area contributed by atoms with Crippen LogP contribution in [0.25, 0.3) is 0 Å². The fourth-order valence-corrected chi connectivity index (χ4v) is 7.01. The molecule has 0 unspecified atom stereocenters. The molecule has 1 aliphatic rings. The fourth-order valence-electron chi connectivity index (χ4n) is 6.67. The van der Waals surface area contributed by atoms with Gasteiger partial charge in [0.15, 0.2) is 0 Å². The van der Waals surface area contributed by atoms with Crippen LogP contribution in [0, 0.1) is 5.92 Å². The smallest absolute Gasteiger partial charge is 0.104 e. The summed E-state index contributed by atoms with van der Waals surface area (Å²) in [5.41, 5.74) is 8.49. The van der Waals surface area contributed by atoms with Crippen molar-refractivity contribution in [1.29, 1.82) is 0 Å². The maximum Gasteiger partial charge on any atom is 0.104 e. The molecular weight excluding hydrogens is 571 g/mol. The normalized spacial score (nSPS) is 15.1. The van der Waals surface area contributed by atoms with E-state index in [0.29, 0.717) is 5.92 Å². The first kappa shape index (κ1) is 37.2. The number of unbranched alkanes of at least 4 members (excludes halogenated alkanes) is 13. The van der Waals surface area contributed by atoms with Crippen LogP contribution in [0.15, 0.2) is 48.5 Å². The lowest BCUT2D eigenvalue weighted by atomic mass is 9.98. The average molecular weight is 636 g/mol. The van der Waals surface area contributed by atoms with Crippen LogP contribution in [-0.4, -0.2) is 37.7 Å². The highest BCUT2D eigenvalue weighted by molar-refractivity contribution is 7.80. The van der Waals surface area contributed by atoms with Crippen molar-refractivity contribution in [2.24, 2.45) is 5.92 Å². The Labute approximate surface area is 282 Å². The molecule has 252 valence electrons. The van der Waals surface area contributed by atoms with Gasteiger partial charge >= 0.3 is 0 Å². The number of hydrazine groups is 2. The maximum atomic E-state index is 6.17. The van der Waals surface area contributed by atoms with Gasteiger partial charge in [0.25, 0.3) is 0 Å². The minimum absolute atomic E-state index is 0.337. The van der Waals surface area contributed by atoms with Crippen molar-refractivity contribution in [3.8, 4) is 0 Å². The van der Waals surface area contributed by atoms with Crippen LogP contribution in [0.5, 0.6) is 0 Å². The lowest BCUT2D eigenvalue weighted by Crippen LogP contribution is -2.61. The van der Waals surface area contributed by atoms with Crippen molar-refractivity contribution in [2.75, 3.05) is 52.5 Å². The van der Waals surface area contributed by atoms with Gasteiger partial charge in [0.2, 0.25) is 0 Å². The van der Waals surface area contributed by atoms with Gasteiger partial charge in [0, 0.05) is 50.0 Å². The highest BCUT2D eigenvalue weighted by Gasteiger charge is 2.31. The van der Waals surface area contributed by atoms with Crippen LogP contribution in [0.1, 0.15) is 131 Å². The SMILES string of the molecule is CCCCCCCCCCCCCCCC[C@H]1CN(c2ccc(N(CC)CC)cc2)NN(c2ccc(N(CC)CC)cc2)C1=S. The monoisotopic (exact) mass is 635 g/mol. The molecule has 1 atom stereocenters. The molecule has 1 fully saturated rings. The summed E-state index contributed by atoms with van der Waals surface area (Å²) in [6.07, 6.45) is 20.6. The Kier molecular flexibility index (Phi) is 17.7. The molecule has 1 saturated heterocycles. The van der Waals surface area contributed by atoms with E-state index in [2.05, 4.69) is 109 Å². The topological polar surface area (TPSA) is 25.0 Å². The van der Waals surface area contributed by atoms with E-state index in [1.54, 1.807) is 0 Å². The molecule has 0 saturated carbocycles. The summed E-state index contributed by atoms with van der Waals surface area (Å²) in [5.74, 6) is 0.337. The number of nitrogens with one attached hydrogen (secondary N) is 1. The second-order valence-corrected chi connectivity index (χ2v) is 13.3. The predicted molar refractivity (Wildman–Crippen MR) is 204 cm³/mol. The minimum atomic E-state index is 0.337. The van der Waals surface area contributed by atoms with E-state index in [4.69, 9.17) is 12.2 Å². The second-order valence-electron chi connectivity index (χ2n) is 12.8. The summed E-state index contributed by atoms with van der Waals surface area (Å²) < 4.78 is 0. The van der Waals surface area contributed by atoms with Gasteiger partial charge in [0.05, 0.1) is 11.4 Å². The van der Waals surface area contributed by atoms with E-state index in [1.165, 1.54) is 107 Å². The average Bonchev–Trinajstić information content (AvgIpc) is 3.07. The van der Waals surface area contributed by atoms with Crippen LogP contribution in [0.4, 0.5) is 22.7 Å². The van der Waals surface area contributed by atoms with Crippen LogP contribution >= 0.6 is 12.2 Å². The molecule has 45 heavy (non-hydrogen) atoms. The number of hydrogen-bond donors (Lipinski definition) is 1. The first-order chi connectivity index (χ1) is 22.1. The van der Waals surface area contributed by atoms with E-state index in [0.717, 1.165) is 49.8 Å². The summed E-state index contributed by atoms with van der Waals surface area (Å²) in [4.78, 5) is 5.79. The number of anilines is 4. The van der Waals surface area contributed by atoms with E-state index < -0.39 is 0 Å². The van der Waals surface area contributed by atoms with Gasteiger partial charge in [-0.1, -0.05) is 109 Å². The Morgan fingerprint density at radius 3 is 1.40 bits per heavy atom. The molecule has 3 rings (SSSR count). The van der Waals surface area contributed by atoms with Crippen molar-refractivity contribution in [3.05, 3.63) is 48.5 Å². The van der Waals surface area contributed by atoms with E-state index in [1.807, 2.05) is 0 Å². The first-order valence-corrected chi connectivity index (χ1v) is 19.0. The summed E-state index contributed by atoms with van der Waals surface area (Å²) in [7, 11) is 0. The Morgan fingerprint density at radius 2 is 0.978 bits per heavy atom. The molecule has 1 aliphatic heterocycles. The van der Waals surface area contributed by atoms with Gasteiger partial charge in [0.1, 0.15) is 4.99 Å². The van der Waals surface area contributed by atoms with Gasteiger partial charge in [-0.2, -0.15) is 0 Å². The van der Waals surface area contributed by atoms with Crippen LogP contribution in [0.3, 0.4) is 0 Å². The fraction of sp³-hybridized carbons (Fsp3) is 0.667. The summed E-state index contributed by atoms with van der Waals surface area (Å²) in [6.45, 7) is 16.1. The van der Waals surface area contributed by atoms with Gasteiger partial charge in [-0.3, -0.25) is 10.0 Å². The number of nitrogens with zero attached hydrogens (tertiary/aromatic N) is 4. The molecule has 5 nitrogen and oxygen atoms in total. The lowest BCUT2D eigenvalue weighted by Gasteiger charge is -2.43. The van der Waals surface area contributed by atoms with Gasteiger partial charge in [-0.05, 0) is 82.6 Å². The van der Waals surface area contributed by atoms with Crippen molar-refractivity contribution in [1.82, 2.24) is 5.53 Å². The van der Waals surface area contributed by atoms with Crippen LogP contribution in [0.2, 0.25) is 0 Å². The highest BCUT2D eigenvalue weighted by atomic mass is 32.1. The van der Waals surface area contributed by atoms with Crippen molar-refractivity contribution >= 4 is 40.0 Å². The molecule has 1 N–H and O–H groups in total. The summed E-state index contributed by atoms with van der Waals surface area (Å²) >= 11 is 6.17. The van der Waals surface area contributed by atoms with Crippen molar-refractivity contribution in [3.63, 3.8) is 0 Å². The van der Waals surface area contributed by atoms with E-state index in [-0.39, 0.29) is 0 Å². The largest absolute Gasteiger partial charge is 0.372 e. The summed E-state index contributed by atoms with van der Waals surface area (Å²) in [5, 5.41) is 4.45. The number of thiocarbonyl (C=S) groups is 1. The molecule has 2 aromatic rings. The molecule has 6 heteroatoms. The molecule has 0 spiro atoms. The Hall–Kier alpha value is -2.31. The molecule has 0 bridgehead atoms. The third-order valence-corrected chi connectivity index (χ3v) is 10.1. The maximum absolute atomic E-state index is 6.17. The first-order valence-electron chi connectivity index (χ1n) is 18.6. The molecule has 0 amide bonds. The zero-order valence-electron chi connectivity index (χ0n) is 29.5. The minimum Gasteiger partial charge on any atom is -0.372 e. The zero-order valence-corrected chi connectivity index (χ0v) is 30.4. The number of rotatable bonds is 23.